The Labute approximate surface area is 93.8 Å². The quantitative estimate of drug-likeness (QED) is 0.811. The number of aromatic nitrogens is 2. The maximum Gasteiger partial charge on any atom is 0.119 e. The summed E-state index contributed by atoms with van der Waals surface area (Å²) < 4.78 is 1.59. The number of rotatable bonds is 3. The molecule has 0 aliphatic rings. The summed E-state index contributed by atoms with van der Waals surface area (Å²) >= 11 is 0. The third-order valence-electron chi connectivity index (χ3n) is 2.50. The van der Waals surface area contributed by atoms with Gasteiger partial charge in [0, 0.05) is 12.6 Å². The second-order valence-corrected chi connectivity index (χ2v) is 3.64. The van der Waals surface area contributed by atoms with Gasteiger partial charge in [-0.1, -0.05) is 30.3 Å². The molecule has 0 aliphatic heterocycles. The number of aliphatic hydroxyl groups excluding tert-OH is 2. The minimum Gasteiger partial charge on any atom is -0.393 e. The van der Waals surface area contributed by atoms with Crippen molar-refractivity contribution in [3.05, 3.63) is 42.1 Å². The van der Waals surface area contributed by atoms with E-state index < -0.39 is 6.10 Å². The summed E-state index contributed by atoms with van der Waals surface area (Å²) in [5.41, 5.74) is 2.40. The molecule has 0 saturated heterocycles. The molecule has 0 fully saturated rings. The first-order valence-electron chi connectivity index (χ1n) is 5.10. The zero-order chi connectivity index (χ0) is 11.5. The van der Waals surface area contributed by atoms with E-state index in [0.717, 1.165) is 11.3 Å². The van der Waals surface area contributed by atoms with Crippen LogP contribution >= 0.6 is 0 Å². The third kappa shape index (κ3) is 1.98. The number of aliphatic hydroxyl groups is 2. The molecule has 4 nitrogen and oxygen atoms in total. The third-order valence-corrected chi connectivity index (χ3v) is 2.50. The van der Waals surface area contributed by atoms with E-state index >= 15 is 0 Å². The lowest BCUT2D eigenvalue weighted by atomic mass is 10.1. The van der Waals surface area contributed by atoms with Gasteiger partial charge in [-0.3, -0.25) is 4.68 Å². The monoisotopic (exact) mass is 218 g/mol. The molecule has 2 N–H and O–H groups in total. The van der Waals surface area contributed by atoms with Crippen LogP contribution in [0.25, 0.3) is 11.3 Å². The zero-order valence-electron chi connectivity index (χ0n) is 9.04. The molecule has 16 heavy (non-hydrogen) atoms. The lowest BCUT2D eigenvalue weighted by Gasteiger charge is -2.05. The Morgan fingerprint density at radius 3 is 2.62 bits per heavy atom. The Balaban J connectivity index is 2.38. The van der Waals surface area contributed by atoms with Gasteiger partial charge in [0.15, 0.2) is 0 Å². The van der Waals surface area contributed by atoms with E-state index in [2.05, 4.69) is 5.10 Å². The van der Waals surface area contributed by atoms with Crippen LogP contribution in [-0.4, -0.2) is 26.6 Å². The van der Waals surface area contributed by atoms with Crippen LogP contribution in [0, 0.1) is 0 Å². The minimum absolute atomic E-state index is 0.298. The Hall–Kier alpha value is -1.65. The van der Waals surface area contributed by atoms with Crippen molar-refractivity contribution in [2.75, 3.05) is 6.61 Å². The van der Waals surface area contributed by atoms with Crippen molar-refractivity contribution in [1.29, 1.82) is 0 Å². The lowest BCUT2D eigenvalue weighted by molar-refractivity contribution is 0.0891. The van der Waals surface area contributed by atoms with Crippen LogP contribution in [0.3, 0.4) is 0 Å². The highest BCUT2D eigenvalue weighted by atomic mass is 16.3. The van der Waals surface area contributed by atoms with Crippen LogP contribution in [0.5, 0.6) is 0 Å². The highest BCUT2D eigenvalue weighted by molar-refractivity contribution is 5.59. The molecular weight excluding hydrogens is 204 g/mol. The van der Waals surface area contributed by atoms with Crippen LogP contribution in [-0.2, 0) is 7.05 Å². The van der Waals surface area contributed by atoms with E-state index in [1.807, 2.05) is 30.3 Å². The predicted octanol–water partition coefficient (Wildman–Crippen LogP) is 1.11. The summed E-state index contributed by atoms with van der Waals surface area (Å²) in [5.74, 6) is 0. The van der Waals surface area contributed by atoms with Crippen molar-refractivity contribution in [1.82, 2.24) is 9.78 Å². The first-order valence-corrected chi connectivity index (χ1v) is 5.10. The normalized spacial score (nSPS) is 12.7. The van der Waals surface area contributed by atoms with Crippen molar-refractivity contribution in [3.8, 4) is 11.3 Å². The second kappa shape index (κ2) is 4.47. The molecule has 2 aromatic rings. The van der Waals surface area contributed by atoms with Crippen LogP contribution in [0.15, 0.2) is 36.4 Å². The van der Waals surface area contributed by atoms with Gasteiger partial charge in [-0.15, -0.1) is 0 Å². The van der Waals surface area contributed by atoms with Gasteiger partial charge < -0.3 is 10.2 Å². The van der Waals surface area contributed by atoms with Crippen molar-refractivity contribution < 1.29 is 10.2 Å². The fraction of sp³-hybridized carbons (Fsp3) is 0.250. The average Bonchev–Trinajstić information content (AvgIpc) is 2.71. The van der Waals surface area contributed by atoms with Crippen molar-refractivity contribution in [2.45, 2.75) is 6.10 Å². The molecule has 0 bridgehead atoms. The number of hydrogen-bond donors (Lipinski definition) is 2. The summed E-state index contributed by atoms with van der Waals surface area (Å²) in [5, 5.41) is 22.8. The molecule has 1 unspecified atom stereocenters. The molecule has 1 heterocycles. The highest BCUT2D eigenvalue weighted by Crippen LogP contribution is 2.21. The van der Waals surface area contributed by atoms with Crippen LogP contribution in [0.1, 0.15) is 11.8 Å². The van der Waals surface area contributed by atoms with Gasteiger partial charge in [0.2, 0.25) is 0 Å². The first kappa shape index (κ1) is 10.9. The van der Waals surface area contributed by atoms with Crippen LogP contribution in [0.2, 0.25) is 0 Å². The summed E-state index contributed by atoms with van der Waals surface area (Å²) in [6.45, 7) is -0.298. The molecule has 4 heteroatoms. The van der Waals surface area contributed by atoms with E-state index in [4.69, 9.17) is 5.11 Å². The summed E-state index contributed by atoms with van der Waals surface area (Å²) in [4.78, 5) is 0. The Bertz CT molecular complexity index is 465. The van der Waals surface area contributed by atoms with Gasteiger partial charge in [0.25, 0.3) is 0 Å². The fourth-order valence-electron chi connectivity index (χ4n) is 1.64. The summed E-state index contributed by atoms with van der Waals surface area (Å²) in [6, 6.07) is 11.5. The van der Waals surface area contributed by atoms with Crippen molar-refractivity contribution in [3.63, 3.8) is 0 Å². The molecule has 1 aromatic heterocycles. The molecule has 0 radical (unpaired) electrons. The SMILES string of the molecule is Cn1nc(-c2ccccc2)cc1C(O)CO. The molecule has 1 aromatic carbocycles. The molecule has 0 saturated carbocycles. The van der Waals surface area contributed by atoms with E-state index in [1.54, 1.807) is 17.8 Å². The Morgan fingerprint density at radius 2 is 2.00 bits per heavy atom. The lowest BCUT2D eigenvalue weighted by Crippen LogP contribution is -2.08. The first-order chi connectivity index (χ1) is 7.72. The molecule has 1 atom stereocenters. The van der Waals surface area contributed by atoms with Crippen molar-refractivity contribution in [2.24, 2.45) is 7.05 Å². The Kier molecular flexibility index (Phi) is 3.03. The molecule has 2 rings (SSSR count). The zero-order valence-corrected chi connectivity index (χ0v) is 9.04. The number of benzene rings is 1. The maximum absolute atomic E-state index is 9.56. The second-order valence-electron chi connectivity index (χ2n) is 3.64. The predicted molar refractivity (Wildman–Crippen MR) is 60.7 cm³/mol. The van der Waals surface area contributed by atoms with Gasteiger partial charge in [-0.2, -0.15) is 5.10 Å². The van der Waals surface area contributed by atoms with Gasteiger partial charge in [0.05, 0.1) is 18.0 Å². The highest BCUT2D eigenvalue weighted by Gasteiger charge is 2.13. The topological polar surface area (TPSA) is 58.3 Å². The number of aryl methyl sites for hydroxylation is 1. The number of nitrogens with zero attached hydrogens (tertiary/aromatic N) is 2. The van der Waals surface area contributed by atoms with Crippen molar-refractivity contribution >= 4 is 0 Å². The van der Waals surface area contributed by atoms with E-state index in [9.17, 15) is 5.11 Å². The van der Waals surface area contributed by atoms with Gasteiger partial charge in [-0.25, -0.2) is 0 Å². The van der Waals surface area contributed by atoms with Gasteiger partial charge in [-0.05, 0) is 6.07 Å². The molecular formula is C12H14N2O2. The molecule has 0 amide bonds. The van der Waals surface area contributed by atoms with E-state index in [-0.39, 0.29) is 6.61 Å². The van der Waals surface area contributed by atoms with Crippen LogP contribution < -0.4 is 0 Å². The fourth-order valence-corrected chi connectivity index (χ4v) is 1.64. The summed E-state index contributed by atoms with van der Waals surface area (Å²) in [7, 11) is 1.75. The van der Waals surface area contributed by atoms with Crippen LogP contribution in [0.4, 0.5) is 0 Å². The maximum atomic E-state index is 9.56. The molecule has 0 aliphatic carbocycles. The summed E-state index contributed by atoms with van der Waals surface area (Å²) in [6.07, 6.45) is -0.880. The van der Waals surface area contributed by atoms with Gasteiger partial charge in [0.1, 0.15) is 6.10 Å². The van der Waals surface area contributed by atoms with E-state index in [0.29, 0.717) is 5.69 Å². The smallest absolute Gasteiger partial charge is 0.119 e. The Morgan fingerprint density at radius 1 is 1.31 bits per heavy atom. The average molecular weight is 218 g/mol. The largest absolute Gasteiger partial charge is 0.393 e. The van der Waals surface area contributed by atoms with Gasteiger partial charge >= 0.3 is 0 Å². The minimum atomic E-state index is -0.880. The van der Waals surface area contributed by atoms with E-state index in [1.165, 1.54) is 0 Å². The number of hydrogen-bond acceptors (Lipinski definition) is 3. The standard InChI is InChI=1S/C12H14N2O2/c1-14-11(12(16)8-15)7-10(13-14)9-5-3-2-4-6-9/h2-7,12,15-16H,8H2,1H3. The molecule has 0 spiro atoms. The molecule has 84 valence electrons.